The Morgan fingerprint density at radius 2 is 2.29 bits per heavy atom. The highest BCUT2D eigenvalue weighted by Gasteiger charge is 2.33. The predicted octanol–water partition coefficient (Wildman–Crippen LogP) is 2.98. The minimum Gasteiger partial charge on any atom is -0.298 e. The number of ketones is 1. The first kappa shape index (κ1) is 12.3. The lowest BCUT2D eigenvalue weighted by atomic mass is 10.0. The van der Waals surface area contributed by atoms with Gasteiger partial charge in [0.05, 0.1) is 16.5 Å². The van der Waals surface area contributed by atoms with E-state index in [1.54, 1.807) is 6.07 Å². The molecule has 1 aromatic rings. The van der Waals surface area contributed by atoms with E-state index in [-0.39, 0.29) is 16.5 Å². The van der Waals surface area contributed by atoms with E-state index >= 15 is 0 Å². The summed E-state index contributed by atoms with van der Waals surface area (Å²) in [5.41, 5.74) is 1.02. The molecular formula is C13H11BrFNO. The molecule has 4 heteroatoms. The quantitative estimate of drug-likeness (QED) is 0.801. The lowest BCUT2D eigenvalue weighted by Crippen LogP contribution is -2.18. The van der Waals surface area contributed by atoms with Gasteiger partial charge < -0.3 is 0 Å². The molecule has 0 saturated heterocycles. The minimum absolute atomic E-state index is 0.186. The van der Waals surface area contributed by atoms with E-state index in [1.165, 1.54) is 12.1 Å². The highest BCUT2D eigenvalue weighted by atomic mass is 79.9. The van der Waals surface area contributed by atoms with Gasteiger partial charge in [0.15, 0.2) is 0 Å². The number of halogens is 2. The number of alkyl halides is 1. The van der Waals surface area contributed by atoms with Crippen molar-refractivity contribution in [3.05, 3.63) is 35.1 Å². The van der Waals surface area contributed by atoms with Gasteiger partial charge in [-0.2, -0.15) is 5.26 Å². The van der Waals surface area contributed by atoms with Crippen LogP contribution < -0.4 is 0 Å². The average Bonchev–Trinajstić information content (AvgIpc) is 3.14. The average molecular weight is 296 g/mol. The van der Waals surface area contributed by atoms with Crippen LogP contribution in [-0.4, -0.2) is 10.6 Å². The second-order valence-electron chi connectivity index (χ2n) is 4.26. The number of benzene rings is 1. The molecule has 0 spiro atoms. The Hall–Kier alpha value is -1.21. The molecule has 2 nitrogen and oxygen atoms in total. The van der Waals surface area contributed by atoms with E-state index < -0.39 is 5.82 Å². The molecule has 1 aliphatic rings. The van der Waals surface area contributed by atoms with E-state index in [0.29, 0.717) is 17.5 Å². The largest absolute Gasteiger partial charge is 0.298 e. The summed E-state index contributed by atoms with van der Waals surface area (Å²) in [4.78, 5) is 11.5. The first-order chi connectivity index (χ1) is 8.11. The molecule has 1 saturated carbocycles. The maximum atomic E-state index is 12.9. The van der Waals surface area contributed by atoms with Gasteiger partial charge in [0, 0.05) is 5.92 Å². The molecule has 1 fully saturated rings. The molecule has 1 unspecified atom stereocenters. The van der Waals surface area contributed by atoms with Crippen molar-refractivity contribution in [2.75, 3.05) is 0 Å². The van der Waals surface area contributed by atoms with Crippen molar-refractivity contribution in [3.8, 4) is 6.07 Å². The van der Waals surface area contributed by atoms with Gasteiger partial charge in [-0.25, -0.2) is 4.39 Å². The van der Waals surface area contributed by atoms with Crippen molar-refractivity contribution in [1.82, 2.24) is 0 Å². The Morgan fingerprint density at radius 1 is 1.59 bits per heavy atom. The van der Waals surface area contributed by atoms with Crippen LogP contribution in [0.5, 0.6) is 0 Å². The van der Waals surface area contributed by atoms with Crippen LogP contribution >= 0.6 is 15.9 Å². The van der Waals surface area contributed by atoms with Gasteiger partial charge in [-0.3, -0.25) is 4.79 Å². The second kappa shape index (κ2) is 4.97. The standard InChI is InChI=1S/C13H11BrFNO/c14-12(13(17)8-1-2-8)6-9-3-4-11(15)5-10(9)7-16/h3-5,8,12H,1-2,6H2. The minimum atomic E-state index is -0.426. The fourth-order valence-electron chi connectivity index (χ4n) is 1.75. The van der Waals surface area contributed by atoms with Crippen molar-refractivity contribution in [1.29, 1.82) is 5.26 Å². The van der Waals surface area contributed by atoms with Crippen molar-refractivity contribution < 1.29 is 9.18 Å². The highest BCUT2D eigenvalue weighted by Crippen LogP contribution is 2.33. The van der Waals surface area contributed by atoms with Gasteiger partial charge in [-0.15, -0.1) is 0 Å². The van der Waals surface area contributed by atoms with Crippen LogP contribution in [0.2, 0.25) is 0 Å². The molecule has 1 aliphatic carbocycles. The number of hydrogen-bond donors (Lipinski definition) is 0. The smallest absolute Gasteiger partial charge is 0.149 e. The van der Waals surface area contributed by atoms with Crippen LogP contribution in [0.1, 0.15) is 24.0 Å². The van der Waals surface area contributed by atoms with E-state index in [4.69, 9.17) is 5.26 Å². The maximum absolute atomic E-state index is 12.9. The molecule has 0 bridgehead atoms. The Labute approximate surface area is 108 Å². The van der Waals surface area contributed by atoms with Crippen LogP contribution in [0, 0.1) is 23.1 Å². The van der Waals surface area contributed by atoms with E-state index in [0.717, 1.165) is 12.8 Å². The Morgan fingerprint density at radius 3 is 2.88 bits per heavy atom. The topological polar surface area (TPSA) is 40.9 Å². The van der Waals surface area contributed by atoms with Gasteiger partial charge >= 0.3 is 0 Å². The number of nitriles is 1. The monoisotopic (exact) mass is 295 g/mol. The lowest BCUT2D eigenvalue weighted by molar-refractivity contribution is -0.119. The third kappa shape index (κ3) is 2.92. The molecule has 2 rings (SSSR count). The molecule has 0 amide bonds. The van der Waals surface area contributed by atoms with E-state index in [2.05, 4.69) is 15.9 Å². The number of rotatable bonds is 4. The summed E-state index contributed by atoms with van der Waals surface area (Å²) >= 11 is 3.35. The molecule has 1 atom stereocenters. The zero-order chi connectivity index (χ0) is 12.4. The fourth-order valence-corrected chi connectivity index (χ4v) is 2.47. The number of carbonyl (C=O) groups excluding carboxylic acids is 1. The molecular weight excluding hydrogens is 285 g/mol. The Balaban J connectivity index is 2.12. The molecule has 0 aliphatic heterocycles. The zero-order valence-corrected chi connectivity index (χ0v) is 10.7. The second-order valence-corrected chi connectivity index (χ2v) is 5.37. The summed E-state index contributed by atoms with van der Waals surface area (Å²) in [5, 5.41) is 8.90. The van der Waals surface area contributed by atoms with Crippen molar-refractivity contribution in [2.45, 2.75) is 24.1 Å². The maximum Gasteiger partial charge on any atom is 0.149 e. The molecule has 0 radical (unpaired) electrons. The molecule has 17 heavy (non-hydrogen) atoms. The molecule has 0 aromatic heterocycles. The van der Waals surface area contributed by atoms with Gasteiger partial charge in [-0.05, 0) is 37.0 Å². The van der Waals surface area contributed by atoms with E-state index in [1.807, 2.05) is 6.07 Å². The SMILES string of the molecule is N#Cc1cc(F)ccc1CC(Br)C(=O)C1CC1. The van der Waals surface area contributed by atoms with Gasteiger partial charge in [0.2, 0.25) is 0 Å². The van der Waals surface area contributed by atoms with Crippen molar-refractivity contribution in [2.24, 2.45) is 5.92 Å². The van der Waals surface area contributed by atoms with Crippen molar-refractivity contribution >= 4 is 21.7 Å². The third-order valence-corrected chi connectivity index (χ3v) is 3.65. The normalized spacial score (nSPS) is 16.3. The molecule has 0 N–H and O–H groups in total. The highest BCUT2D eigenvalue weighted by molar-refractivity contribution is 9.10. The van der Waals surface area contributed by atoms with Crippen molar-refractivity contribution in [3.63, 3.8) is 0 Å². The molecule has 88 valence electrons. The summed E-state index contributed by atoms with van der Waals surface area (Å²) < 4.78 is 12.9. The van der Waals surface area contributed by atoms with Crippen LogP contribution in [0.4, 0.5) is 4.39 Å². The first-order valence-electron chi connectivity index (χ1n) is 5.48. The van der Waals surface area contributed by atoms with Gasteiger partial charge in [-0.1, -0.05) is 22.0 Å². The third-order valence-electron chi connectivity index (χ3n) is 2.88. The predicted molar refractivity (Wildman–Crippen MR) is 65.3 cm³/mol. The van der Waals surface area contributed by atoms with Gasteiger partial charge in [0.1, 0.15) is 11.6 Å². The fraction of sp³-hybridized carbons (Fsp3) is 0.385. The zero-order valence-electron chi connectivity index (χ0n) is 9.12. The Kier molecular flexibility index (Phi) is 3.58. The lowest BCUT2D eigenvalue weighted by Gasteiger charge is -2.09. The van der Waals surface area contributed by atoms with Crippen LogP contribution in [0.15, 0.2) is 18.2 Å². The van der Waals surface area contributed by atoms with Crippen LogP contribution in [-0.2, 0) is 11.2 Å². The van der Waals surface area contributed by atoms with Crippen LogP contribution in [0.3, 0.4) is 0 Å². The molecule has 1 aromatic carbocycles. The summed E-state index contributed by atoms with van der Waals surface area (Å²) in [6.07, 6.45) is 2.38. The summed E-state index contributed by atoms with van der Waals surface area (Å²) in [6.45, 7) is 0. The number of nitrogens with zero attached hydrogens (tertiary/aromatic N) is 1. The number of hydrogen-bond acceptors (Lipinski definition) is 2. The van der Waals surface area contributed by atoms with E-state index in [9.17, 15) is 9.18 Å². The van der Waals surface area contributed by atoms with Crippen LogP contribution in [0.25, 0.3) is 0 Å². The first-order valence-corrected chi connectivity index (χ1v) is 6.39. The number of Topliss-reactive ketones (excluding diaryl/α,β-unsaturated/α-hetero) is 1. The summed E-state index contributed by atoms with van der Waals surface area (Å²) in [5.74, 6) is -0.0477. The number of carbonyl (C=O) groups is 1. The van der Waals surface area contributed by atoms with Gasteiger partial charge in [0.25, 0.3) is 0 Å². The summed E-state index contributed by atoms with van der Waals surface area (Å²) in [7, 11) is 0. The molecule has 0 heterocycles. The Bertz CT molecular complexity index is 491. The summed E-state index contributed by atoms with van der Waals surface area (Å²) in [6, 6.07) is 6.05.